The first kappa shape index (κ1) is 18.3. The van der Waals surface area contributed by atoms with E-state index < -0.39 is 16.1 Å². The van der Waals surface area contributed by atoms with Crippen LogP contribution < -0.4 is 13.9 Å². The summed E-state index contributed by atoms with van der Waals surface area (Å²) in [6.07, 6.45) is 1.88. The van der Waals surface area contributed by atoms with Gasteiger partial charge in [0.1, 0.15) is 11.8 Å². The summed E-state index contributed by atoms with van der Waals surface area (Å²) in [6, 6.07) is 13.5. The summed E-state index contributed by atoms with van der Waals surface area (Å²) < 4.78 is 31.2. The Morgan fingerprint density at radius 2 is 1.92 bits per heavy atom. The van der Waals surface area contributed by atoms with Crippen molar-refractivity contribution in [1.82, 2.24) is 0 Å². The van der Waals surface area contributed by atoms with Crippen LogP contribution in [0.25, 0.3) is 0 Å². The van der Waals surface area contributed by atoms with E-state index >= 15 is 0 Å². The fourth-order valence-corrected chi connectivity index (χ4v) is 4.50. The largest absolute Gasteiger partial charge is 0.497 e. The molecule has 0 radical (unpaired) electrons. The number of rotatable bonds is 5. The molecule has 1 atom stereocenters. The fraction of sp³-hybridized carbons (Fsp3) is 0.316. The Kier molecular flexibility index (Phi) is 4.91. The molecule has 26 heavy (non-hydrogen) atoms. The fourth-order valence-electron chi connectivity index (χ4n) is 3.34. The first-order chi connectivity index (χ1) is 12.3. The van der Waals surface area contributed by atoms with Crippen molar-refractivity contribution in [2.24, 2.45) is 0 Å². The maximum atomic E-state index is 13.1. The van der Waals surface area contributed by atoms with Crippen LogP contribution in [-0.4, -0.2) is 40.3 Å². The van der Waals surface area contributed by atoms with E-state index in [1.807, 2.05) is 24.3 Å². The number of benzene rings is 2. The van der Waals surface area contributed by atoms with Gasteiger partial charge in [0.05, 0.1) is 19.1 Å². The van der Waals surface area contributed by atoms with E-state index in [4.69, 9.17) is 4.74 Å². The molecular weight excluding hydrogens is 352 g/mol. The van der Waals surface area contributed by atoms with Gasteiger partial charge in [0.2, 0.25) is 10.0 Å². The zero-order valence-corrected chi connectivity index (χ0v) is 15.9. The Morgan fingerprint density at radius 3 is 2.62 bits per heavy atom. The van der Waals surface area contributed by atoms with Crippen LogP contribution in [0.1, 0.15) is 12.5 Å². The summed E-state index contributed by atoms with van der Waals surface area (Å²) in [4.78, 5) is 14.8. The highest BCUT2D eigenvalue weighted by Crippen LogP contribution is 2.31. The van der Waals surface area contributed by atoms with Crippen molar-refractivity contribution in [3.63, 3.8) is 0 Å². The van der Waals surface area contributed by atoms with Gasteiger partial charge in [-0.05, 0) is 37.1 Å². The normalized spacial score (nSPS) is 14.7. The van der Waals surface area contributed by atoms with Crippen LogP contribution in [0.3, 0.4) is 0 Å². The van der Waals surface area contributed by atoms with Crippen molar-refractivity contribution < 1.29 is 17.9 Å². The minimum atomic E-state index is -3.66. The van der Waals surface area contributed by atoms with E-state index in [0.29, 0.717) is 18.0 Å². The lowest BCUT2D eigenvalue weighted by Crippen LogP contribution is -2.49. The number of nitrogens with zero attached hydrogens (tertiary/aromatic N) is 2. The van der Waals surface area contributed by atoms with Crippen LogP contribution in [0.15, 0.2) is 48.5 Å². The third-order valence-corrected chi connectivity index (χ3v) is 5.77. The predicted octanol–water partition coefficient (Wildman–Crippen LogP) is 2.44. The number of carbonyl (C=O) groups excluding carboxylic acids is 1. The number of fused-ring (bicyclic) bond motifs is 1. The molecule has 0 saturated carbocycles. The first-order valence-electron chi connectivity index (χ1n) is 8.35. The second-order valence-corrected chi connectivity index (χ2v) is 8.16. The molecule has 0 aliphatic carbocycles. The summed E-state index contributed by atoms with van der Waals surface area (Å²) in [5.41, 5.74) is 2.35. The summed E-state index contributed by atoms with van der Waals surface area (Å²) in [6.45, 7) is 2.17. The highest BCUT2D eigenvalue weighted by Gasteiger charge is 2.35. The summed E-state index contributed by atoms with van der Waals surface area (Å²) in [5.74, 6) is 0.283. The lowest BCUT2D eigenvalue weighted by molar-refractivity contribution is -0.119. The number of carbonyl (C=O) groups is 1. The smallest absolute Gasteiger partial charge is 0.250 e. The van der Waals surface area contributed by atoms with Crippen molar-refractivity contribution in [3.8, 4) is 5.75 Å². The van der Waals surface area contributed by atoms with Gasteiger partial charge in [-0.3, -0.25) is 9.10 Å². The van der Waals surface area contributed by atoms with E-state index in [-0.39, 0.29) is 5.91 Å². The molecule has 7 heteroatoms. The summed E-state index contributed by atoms with van der Waals surface area (Å²) in [5, 5.41) is 0. The van der Waals surface area contributed by atoms with Gasteiger partial charge in [-0.25, -0.2) is 8.42 Å². The number of hydrogen-bond donors (Lipinski definition) is 0. The molecule has 6 nitrogen and oxygen atoms in total. The van der Waals surface area contributed by atoms with Crippen LogP contribution in [0.4, 0.5) is 11.4 Å². The molecule has 2 aromatic carbocycles. The molecule has 0 saturated heterocycles. The van der Waals surface area contributed by atoms with E-state index in [1.54, 1.807) is 36.1 Å². The van der Waals surface area contributed by atoms with Crippen LogP contribution in [0.2, 0.25) is 0 Å². The maximum absolute atomic E-state index is 13.1. The van der Waals surface area contributed by atoms with Gasteiger partial charge in [-0.1, -0.05) is 24.3 Å². The van der Waals surface area contributed by atoms with E-state index in [0.717, 1.165) is 28.2 Å². The average molecular weight is 374 g/mol. The number of amides is 1. The molecule has 0 fully saturated rings. The second-order valence-electron chi connectivity index (χ2n) is 6.30. The molecule has 138 valence electrons. The molecule has 1 aliphatic heterocycles. The van der Waals surface area contributed by atoms with Crippen LogP contribution in [0, 0.1) is 0 Å². The number of anilines is 2. The lowest BCUT2D eigenvalue weighted by Gasteiger charge is -2.31. The zero-order chi connectivity index (χ0) is 18.9. The molecule has 2 aromatic rings. The number of hydrogen-bond acceptors (Lipinski definition) is 4. The molecule has 0 aromatic heterocycles. The predicted molar refractivity (Wildman–Crippen MR) is 102 cm³/mol. The van der Waals surface area contributed by atoms with Crippen molar-refractivity contribution in [3.05, 3.63) is 54.1 Å². The van der Waals surface area contributed by atoms with Gasteiger partial charge in [0.25, 0.3) is 5.91 Å². The standard InChI is InChI=1S/C19H22N2O4S/c1-14(19(22)20-12-11-15-7-4-5-10-18(15)20)21(26(3,23)24)16-8-6-9-17(13-16)25-2/h4-10,13-14H,11-12H2,1-3H3/t14-/m1/s1. The van der Waals surface area contributed by atoms with Gasteiger partial charge in [0.15, 0.2) is 0 Å². The molecule has 1 aliphatic rings. The molecular formula is C19H22N2O4S. The van der Waals surface area contributed by atoms with Crippen molar-refractivity contribution in [1.29, 1.82) is 0 Å². The molecule has 1 heterocycles. The van der Waals surface area contributed by atoms with Gasteiger partial charge < -0.3 is 9.64 Å². The minimum Gasteiger partial charge on any atom is -0.497 e. The molecule has 0 spiro atoms. The van der Waals surface area contributed by atoms with E-state index in [2.05, 4.69) is 0 Å². The first-order valence-corrected chi connectivity index (χ1v) is 10.2. The molecule has 0 bridgehead atoms. The van der Waals surface area contributed by atoms with Gasteiger partial charge in [-0.15, -0.1) is 0 Å². The SMILES string of the molecule is COc1cccc(N([C@H](C)C(=O)N2CCc3ccccc32)S(C)(=O)=O)c1. The second kappa shape index (κ2) is 6.99. The van der Waals surface area contributed by atoms with Crippen molar-refractivity contribution in [2.75, 3.05) is 29.1 Å². The monoisotopic (exact) mass is 374 g/mol. The van der Waals surface area contributed by atoms with E-state index in [9.17, 15) is 13.2 Å². The summed E-state index contributed by atoms with van der Waals surface area (Å²) >= 11 is 0. The number of ether oxygens (including phenoxy) is 1. The Bertz CT molecular complexity index is 927. The molecule has 0 unspecified atom stereocenters. The van der Waals surface area contributed by atoms with Gasteiger partial charge in [-0.2, -0.15) is 0 Å². The number of methoxy groups -OCH3 is 1. The third kappa shape index (κ3) is 3.39. The zero-order valence-electron chi connectivity index (χ0n) is 15.0. The Hall–Kier alpha value is -2.54. The average Bonchev–Trinajstić information content (AvgIpc) is 3.04. The molecule has 1 amide bonds. The topological polar surface area (TPSA) is 66.9 Å². The van der Waals surface area contributed by atoms with Crippen LogP contribution in [0.5, 0.6) is 5.75 Å². The molecule has 0 N–H and O–H groups in total. The Morgan fingerprint density at radius 1 is 1.19 bits per heavy atom. The number of para-hydroxylation sites is 1. The van der Waals surface area contributed by atoms with Crippen LogP contribution >= 0.6 is 0 Å². The Labute approximate surface area is 154 Å². The van der Waals surface area contributed by atoms with Crippen molar-refractivity contribution in [2.45, 2.75) is 19.4 Å². The Balaban J connectivity index is 1.96. The molecule has 3 rings (SSSR count). The maximum Gasteiger partial charge on any atom is 0.250 e. The number of sulfonamides is 1. The van der Waals surface area contributed by atoms with E-state index in [1.165, 1.54) is 7.11 Å². The van der Waals surface area contributed by atoms with Crippen LogP contribution in [-0.2, 0) is 21.2 Å². The minimum absolute atomic E-state index is 0.247. The highest BCUT2D eigenvalue weighted by atomic mass is 32.2. The third-order valence-electron chi connectivity index (χ3n) is 4.53. The quantitative estimate of drug-likeness (QED) is 0.806. The highest BCUT2D eigenvalue weighted by molar-refractivity contribution is 7.92. The lowest BCUT2D eigenvalue weighted by atomic mass is 10.2. The van der Waals surface area contributed by atoms with Gasteiger partial charge >= 0.3 is 0 Å². The van der Waals surface area contributed by atoms with Gasteiger partial charge in [0, 0.05) is 18.3 Å². The summed E-state index contributed by atoms with van der Waals surface area (Å²) in [7, 11) is -2.15. The van der Waals surface area contributed by atoms with Crippen molar-refractivity contribution >= 4 is 27.3 Å².